The predicted molar refractivity (Wildman–Crippen MR) is 89.0 cm³/mol. The molecule has 2 aliphatic rings. The quantitative estimate of drug-likeness (QED) is 0.769. The number of aromatic amines is 1. The van der Waals surface area contributed by atoms with E-state index < -0.39 is 0 Å². The maximum atomic E-state index is 12.2. The van der Waals surface area contributed by atoms with Crippen LogP contribution in [0.1, 0.15) is 51.8 Å². The van der Waals surface area contributed by atoms with Gasteiger partial charge in [0.1, 0.15) is 11.9 Å². The van der Waals surface area contributed by atoms with Gasteiger partial charge >= 0.3 is 5.97 Å². The Morgan fingerprint density at radius 3 is 2.92 bits per heavy atom. The summed E-state index contributed by atoms with van der Waals surface area (Å²) >= 11 is 0. The lowest BCUT2D eigenvalue weighted by Crippen LogP contribution is -2.50. The molecule has 7 heteroatoms. The zero-order chi connectivity index (χ0) is 16.9. The molecule has 1 saturated carbocycles. The summed E-state index contributed by atoms with van der Waals surface area (Å²) in [6.45, 7) is 5.59. The Hall–Kier alpha value is -1.50. The van der Waals surface area contributed by atoms with Crippen LogP contribution in [0.25, 0.3) is 0 Å². The van der Waals surface area contributed by atoms with E-state index in [0.717, 1.165) is 31.6 Å². The zero-order valence-corrected chi connectivity index (χ0v) is 14.7. The van der Waals surface area contributed by atoms with Crippen LogP contribution in [0.15, 0.2) is 0 Å². The number of carbonyl (C=O) groups is 1. The first-order chi connectivity index (χ1) is 11.6. The molecule has 1 saturated heterocycles. The van der Waals surface area contributed by atoms with Crippen molar-refractivity contribution in [1.82, 2.24) is 25.9 Å². The molecule has 0 bridgehead atoms. The molecule has 2 N–H and O–H groups in total. The Bertz CT molecular complexity index is 519. The van der Waals surface area contributed by atoms with Crippen molar-refractivity contribution in [3.63, 3.8) is 0 Å². The molecule has 7 nitrogen and oxygen atoms in total. The summed E-state index contributed by atoms with van der Waals surface area (Å²) in [6, 6.07) is -0.123. The van der Waals surface area contributed by atoms with Gasteiger partial charge in [0.15, 0.2) is 0 Å². The molecule has 3 rings (SSSR count). The number of esters is 1. The highest BCUT2D eigenvalue weighted by atomic mass is 16.5. The molecule has 1 aromatic rings. The molecule has 4 atom stereocenters. The van der Waals surface area contributed by atoms with Gasteiger partial charge < -0.3 is 10.1 Å². The largest absolute Gasteiger partial charge is 0.464 e. The smallest absolute Gasteiger partial charge is 0.323 e. The number of aromatic nitrogens is 4. The fourth-order valence-corrected chi connectivity index (χ4v) is 4.08. The SMILES string of the molecule is CC(C)COC(=O)C1CC2CC(CCc3nnn[nH]3)CCC2CN1. The number of H-pyrrole nitrogens is 1. The molecule has 134 valence electrons. The second kappa shape index (κ2) is 8.05. The minimum Gasteiger partial charge on any atom is -0.464 e. The van der Waals surface area contributed by atoms with Crippen molar-refractivity contribution in [3.8, 4) is 0 Å². The molecular formula is C17H29N5O2. The molecule has 1 aliphatic carbocycles. The van der Waals surface area contributed by atoms with Crippen LogP contribution >= 0.6 is 0 Å². The Labute approximate surface area is 143 Å². The summed E-state index contributed by atoms with van der Waals surface area (Å²) in [4.78, 5) is 12.2. The highest BCUT2D eigenvalue weighted by Crippen LogP contribution is 2.40. The zero-order valence-electron chi connectivity index (χ0n) is 14.7. The highest BCUT2D eigenvalue weighted by molar-refractivity contribution is 5.76. The van der Waals surface area contributed by atoms with E-state index in [2.05, 4.69) is 39.8 Å². The summed E-state index contributed by atoms with van der Waals surface area (Å²) in [6.07, 6.45) is 6.69. The van der Waals surface area contributed by atoms with E-state index in [9.17, 15) is 4.79 Å². The normalized spacial score (nSPS) is 30.1. The maximum absolute atomic E-state index is 12.2. The van der Waals surface area contributed by atoms with E-state index in [1.54, 1.807) is 0 Å². The molecule has 2 fully saturated rings. The van der Waals surface area contributed by atoms with Crippen LogP contribution in [-0.4, -0.2) is 45.8 Å². The van der Waals surface area contributed by atoms with Gasteiger partial charge in [-0.2, -0.15) is 0 Å². The maximum Gasteiger partial charge on any atom is 0.323 e. The summed E-state index contributed by atoms with van der Waals surface area (Å²) in [5, 5.41) is 17.5. The summed E-state index contributed by atoms with van der Waals surface area (Å²) in [7, 11) is 0. The fourth-order valence-electron chi connectivity index (χ4n) is 4.08. The number of tetrazole rings is 1. The van der Waals surface area contributed by atoms with Gasteiger partial charge in [0.25, 0.3) is 0 Å². The lowest BCUT2D eigenvalue weighted by molar-refractivity contribution is -0.149. The van der Waals surface area contributed by atoms with Gasteiger partial charge in [-0.3, -0.25) is 4.79 Å². The summed E-state index contributed by atoms with van der Waals surface area (Å²) in [5.74, 6) is 3.24. The second-order valence-electron chi connectivity index (χ2n) is 7.81. The van der Waals surface area contributed by atoms with Gasteiger partial charge in [0, 0.05) is 6.42 Å². The van der Waals surface area contributed by atoms with Gasteiger partial charge in [-0.05, 0) is 66.3 Å². The highest BCUT2D eigenvalue weighted by Gasteiger charge is 2.38. The van der Waals surface area contributed by atoms with Crippen LogP contribution in [0.5, 0.6) is 0 Å². The van der Waals surface area contributed by atoms with Crippen molar-refractivity contribution in [2.24, 2.45) is 23.7 Å². The molecule has 4 unspecified atom stereocenters. The molecule has 0 spiro atoms. The van der Waals surface area contributed by atoms with Gasteiger partial charge in [-0.25, -0.2) is 5.10 Å². The van der Waals surface area contributed by atoms with Gasteiger partial charge in [-0.15, -0.1) is 5.10 Å². The van der Waals surface area contributed by atoms with Crippen LogP contribution in [0.3, 0.4) is 0 Å². The average molecular weight is 335 g/mol. The van der Waals surface area contributed by atoms with Crippen molar-refractivity contribution < 1.29 is 9.53 Å². The van der Waals surface area contributed by atoms with Crippen molar-refractivity contribution in [1.29, 1.82) is 0 Å². The van der Waals surface area contributed by atoms with Crippen LogP contribution < -0.4 is 5.32 Å². The van der Waals surface area contributed by atoms with Gasteiger partial charge in [0.2, 0.25) is 0 Å². The predicted octanol–water partition coefficient (Wildman–Crippen LogP) is 1.73. The van der Waals surface area contributed by atoms with E-state index in [1.165, 1.54) is 19.3 Å². The topological polar surface area (TPSA) is 92.8 Å². The fraction of sp³-hybridized carbons (Fsp3) is 0.882. The van der Waals surface area contributed by atoms with Crippen molar-refractivity contribution in [2.75, 3.05) is 13.2 Å². The minimum atomic E-state index is -0.123. The Morgan fingerprint density at radius 2 is 2.17 bits per heavy atom. The third-order valence-corrected chi connectivity index (χ3v) is 5.44. The van der Waals surface area contributed by atoms with Gasteiger partial charge in [-0.1, -0.05) is 20.3 Å². The monoisotopic (exact) mass is 335 g/mol. The second-order valence-corrected chi connectivity index (χ2v) is 7.81. The third kappa shape index (κ3) is 4.53. The molecule has 1 aliphatic heterocycles. The number of aryl methyl sites for hydroxylation is 1. The van der Waals surface area contributed by atoms with Crippen molar-refractivity contribution in [2.45, 2.75) is 58.4 Å². The van der Waals surface area contributed by atoms with Crippen molar-refractivity contribution >= 4 is 5.97 Å². The van der Waals surface area contributed by atoms with E-state index in [4.69, 9.17) is 4.74 Å². The van der Waals surface area contributed by atoms with E-state index in [0.29, 0.717) is 30.3 Å². The number of nitrogens with zero attached hydrogens (tertiary/aromatic N) is 3. The number of rotatable bonds is 6. The van der Waals surface area contributed by atoms with Crippen LogP contribution in [0, 0.1) is 23.7 Å². The van der Waals surface area contributed by atoms with E-state index in [1.807, 2.05) is 0 Å². The van der Waals surface area contributed by atoms with Crippen LogP contribution in [0.4, 0.5) is 0 Å². The lowest BCUT2D eigenvalue weighted by atomic mass is 9.69. The molecule has 0 aromatic carbocycles. The first-order valence-electron chi connectivity index (χ1n) is 9.24. The number of ether oxygens (including phenoxy) is 1. The molecular weight excluding hydrogens is 306 g/mol. The Kier molecular flexibility index (Phi) is 5.81. The van der Waals surface area contributed by atoms with Gasteiger partial charge in [0.05, 0.1) is 6.61 Å². The minimum absolute atomic E-state index is 0.0722. The number of fused-ring (bicyclic) bond motifs is 1. The summed E-state index contributed by atoms with van der Waals surface area (Å²) in [5.41, 5.74) is 0. The Morgan fingerprint density at radius 1 is 1.29 bits per heavy atom. The Balaban J connectivity index is 1.47. The number of carbonyl (C=O) groups excluding carboxylic acids is 1. The standard InChI is InChI=1S/C17H29N5O2/c1-11(2)10-24-17(23)15-8-14-7-12(3-5-13(14)9-18-15)4-6-16-19-21-22-20-16/h11-15,18H,3-10H2,1-2H3,(H,19,20,21,22). The first-order valence-corrected chi connectivity index (χ1v) is 9.24. The summed E-state index contributed by atoms with van der Waals surface area (Å²) < 4.78 is 5.42. The molecule has 2 heterocycles. The van der Waals surface area contributed by atoms with E-state index in [-0.39, 0.29) is 12.0 Å². The molecule has 0 amide bonds. The first kappa shape index (κ1) is 17.3. The molecule has 0 radical (unpaired) electrons. The molecule has 24 heavy (non-hydrogen) atoms. The number of nitrogens with one attached hydrogen (secondary N) is 2. The average Bonchev–Trinajstić information content (AvgIpc) is 3.10. The van der Waals surface area contributed by atoms with Crippen LogP contribution in [-0.2, 0) is 16.0 Å². The molecule has 1 aromatic heterocycles. The van der Waals surface area contributed by atoms with E-state index >= 15 is 0 Å². The van der Waals surface area contributed by atoms with Crippen LogP contribution in [0.2, 0.25) is 0 Å². The van der Waals surface area contributed by atoms with Crippen molar-refractivity contribution in [3.05, 3.63) is 5.82 Å². The lowest BCUT2D eigenvalue weighted by Gasteiger charge is -2.42. The number of piperidine rings is 1. The number of hydrogen-bond acceptors (Lipinski definition) is 6. The number of hydrogen-bond donors (Lipinski definition) is 2. The third-order valence-electron chi connectivity index (χ3n) is 5.44.